The van der Waals surface area contributed by atoms with Crippen molar-refractivity contribution in [3.63, 3.8) is 0 Å². The number of nitrogens with two attached hydrogens (primary N) is 1. The van der Waals surface area contributed by atoms with E-state index < -0.39 is 5.82 Å². The number of rotatable bonds is 2. The standard InChI is InChI=1S/C14H12BrFN2O2/c15-9-6-12(11(17)7-10(9)16)18-8-1-2-13-14(5-8)20-4-3-19-13/h1-2,5-7,18H,3-4,17H2. The molecule has 1 aliphatic heterocycles. The topological polar surface area (TPSA) is 56.5 Å². The van der Waals surface area contributed by atoms with Gasteiger partial charge in [-0.1, -0.05) is 0 Å². The quantitative estimate of drug-likeness (QED) is 0.820. The molecule has 4 nitrogen and oxygen atoms in total. The highest BCUT2D eigenvalue weighted by atomic mass is 79.9. The van der Waals surface area contributed by atoms with E-state index in [0.29, 0.717) is 34.8 Å². The Bertz CT molecular complexity index is 664. The van der Waals surface area contributed by atoms with Crippen LogP contribution >= 0.6 is 15.9 Å². The number of hydrogen-bond donors (Lipinski definition) is 2. The van der Waals surface area contributed by atoms with E-state index in [2.05, 4.69) is 21.2 Å². The monoisotopic (exact) mass is 338 g/mol. The zero-order valence-corrected chi connectivity index (χ0v) is 12.0. The van der Waals surface area contributed by atoms with Crippen molar-refractivity contribution in [1.82, 2.24) is 0 Å². The highest BCUT2D eigenvalue weighted by molar-refractivity contribution is 9.10. The summed E-state index contributed by atoms with van der Waals surface area (Å²) >= 11 is 3.14. The van der Waals surface area contributed by atoms with Crippen LogP contribution in [0, 0.1) is 5.82 Å². The summed E-state index contributed by atoms with van der Waals surface area (Å²) in [4.78, 5) is 0. The molecule has 6 heteroatoms. The Morgan fingerprint density at radius 1 is 1.10 bits per heavy atom. The Morgan fingerprint density at radius 3 is 2.65 bits per heavy atom. The fourth-order valence-electron chi connectivity index (χ4n) is 1.95. The highest BCUT2D eigenvalue weighted by Gasteiger charge is 2.12. The highest BCUT2D eigenvalue weighted by Crippen LogP contribution is 2.35. The Kier molecular flexibility index (Phi) is 3.40. The van der Waals surface area contributed by atoms with Gasteiger partial charge in [-0.3, -0.25) is 0 Å². The molecule has 3 N–H and O–H groups in total. The third kappa shape index (κ3) is 2.51. The predicted octanol–water partition coefficient (Wildman–Crippen LogP) is 3.69. The molecule has 0 bridgehead atoms. The smallest absolute Gasteiger partial charge is 0.163 e. The van der Waals surface area contributed by atoms with Gasteiger partial charge in [0.15, 0.2) is 11.5 Å². The van der Waals surface area contributed by atoms with Crippen molar-refractivity contribution in [3.8, 4) is 11.5 Å². The molecular formula is C14H12BrFN2O2. The van der Waals surface area contributed by atoms with Crippen molar-refractivity contribution >= 4 is 33.0 Å². The lowest BCUT2D eigenvalue weighted by molar-refractivity contribution is 0.171. The van der Waals surface area contributed by atoms with Gasteiger partial charge in [-0.2, -0.15) is 0 Å². The Balaban J connectivity index is 1.89. The molecule has 0 spiro atoms. The number of halogens is 2. The Morgan fingerprint density at radius 2 is 1.85 bits per heavy atom. The van der Waals surface area contributed by atoms with Crippen molar-refractivity contribution in [2.45, 2.75) is 0 Å². The van der Waals surface area contributed by atoms with Crippen LogP contribution in [0.4, 0.5) is 21.5 Å². The first-order valence-corrected chi connectivity index (χ1v) is 6.84. The molecule has 0 atom stereocenters. The summed E-state index contributed by atoms with van der Waals surface area (Å²) in [5, 5.41) is 3.13. The predicted molar refractivity (Wildman–Crippen MR) is 79.2 cm³/mol. The van der Waals surface area contributed by atoms with E-state index in [0.717, 1.165) is 11.4 Å². The summed E-state index contributed by atoms with van der Waals surface area (Å²) < 4.78 is 24.6. The van der Waals surface area contributed by atoms with Gasteiger partial charge in [0.25, 0.3) is 0 Å². The van der Waals surface area contributed by atoms with E-state index in [1.54, 1.807) is 6.07 Å². The van der Waals surface area contributed by atoms with Gasteiger partial charge in [0.05, 0.1) is 15.8 Å². The Labute approximate surface area is 123 Å². The van der Waals surface area contributed by atoms with Crippen LogP contribution in [0.1, 0.15) is 0 Å². The van der Waals surface area contributed by atoms with E-state index in [1.165, 1.54) is 6.07 Å². The van der Waals surface area contributed by atoms with Gasteiger partial charge >= 0.3 is 0 Å². The molecule has 104 valence electrons. The molecule has 1 aliphatic rings. The van der Waals surface area contributed by atoms with Crippen LogP contribution in [0.5, 0.6) is 11.5 Å². The van der Waals surface area contributed by atoms with Crippen LogP contribution in [0.25, 0.3) is 0 Å². The van der Waals surface area contributed by atoms with Crippen molar-refractivity contribution in [2.75, 3.05) is 24.3 Å². The molecule has 0 saturated carbocycles. The summed E-state index contributed by atoms with van der Waals surface area (Å²) in [5.41, 5.74) is 7.54. The second-order valence-electron chi connectivity index (χ2n) is 4.34. The number of ether oxygens (including phenoxy) is 2. The van der Waals surface area contributed by atoms with E-state index in [4.69, 9.17) is 15.2 Å². The van der Waals surface area contributed by atoms with E-state index in [9.17, 15) is 4.39 Å². The minimum atomic E-state index is -0.393. The van der Waals surface area contributed by atoms with Crippen molar-refractivity contribution in [1.29, 1.82) is 0 Å². The largest absolute Gasteiger partial charge is 0.486 e. The molecule has 20 heavy (non-hydrogen) atoms. The molecule has 0 fully saturated rings. The summed E-state index contributed by atoms with van der Waals surface area (Å²) in [6.07, 6.45) is 0. The zero-order chi connectivity index (χ0) is 14.1. The maximum Gasteiger partial charge on any atom is 0.163 e. The molecule has 1 heterocycles. The molecule has 2 aromatic carbocycles. The molecule has 0 aromatic heterocycles. The number of benzene rings is 2. The third-order valence-electron chi connectivity index (χ3n) is 2.91. The zero-order valence-electron chi connectivity index (χ0n) is 10.5. The molecule has 0 radical (unpaired) electrons. The van der Waals surface area contributed by atoms with Crippen LogP contribution in [-0.4, -0.2) is 13.2 Å². The molecule has 3 rings (SSSR count). The van der Waals surface area contributed by atoms with Crippen LogP contribution in [0.3, 0.4) is 0 Å². The average Bonchev–Trinajstić information content (AvgIpc) is 2.44. The molecule has 0 amide bonds. The first-order chi connectivity index (χ1) is 9.63. The van der Waals surface area contributed by atoms with Gasteiger partial charge in [0, 0.05) is 17.8 Å². The van der Waals surface area contributed by atoms with Crippen LogP contribution in [-0.2, 0) is 0 Å². The number of nitrogens with one attached hydrogen (secondary N) is 1. The van der Waals surface area contributed by atoms with Crippen molar-refractivity contribution in [2.24, 2.45) is 0 Å². The van der Waals surface area contributed by atoms with E-state index >= 15 is 0 Å². The maximum atomic E-state index is 13.3. The number of hydrogen-bond acceptors (Lipinski definition) is 4. The minimum Gasteiger partial charge on any atom is -0.486 e. The summed E-state index contributed by atoms with van der Waals surface area (Å²) in [5.74, 6) is 1.01. The fraction of sp³-hybridized carbons (Fsp3) is 0.143. The van der Waals surface area contributed by atoms with E-state index in [-0.39, 0.29) is 0 Å². The summed E-state index contributed by atoms with van der Waals surface area (Å²) in [6.45, 7) is 1.08. The number of fused-ring (bicyclic) bond motifs is 1. The second kappa shape index (κ2) is 5.20. The van der Waals surface area contributed by atoms with E-state index in [1.807, 2.05) is 18.2 Å². The molecule has 2 aromatic rings. The maximum absolute atomic E-state index is 13.3. The minimum absolute atomic E-state index is 0.334. The van der Waals surface area contributed by atoms with Gasteiger partial charge in [-0.25, -0.2) is 4.39 Å². The van der Waals surface area contributed by atoms with Gasteiger partial charge in [0.1, 0.15) is 19.0 Å². The first kappa shape index (κ1) is 13.1. The third-order valence-corrected chi connectivity index (χ3v) is 3.52. The summed E-state index contributed by atoms with van der Waals surface area (Å²) in [7, 11) is 0. The van der Waals surface area contributed by atoms with Gasteiger partial charge in [-0.05, 0) is 34.1 Å². The number of anilines is 3. The lowest BCUT2D eigenvalue weighted by Crippen LogP contribution is -2.15. The lowest BCUT2D eigenvalue weighted by Gasteiger charge is -2.19. The van der Waals surface area contributed by atoms with Crippen molar-refractivity contribution < 1.29 is 13.9 Å². The Hall–Kier alpha value is -1.95. The van der Waals surface area contributed by atoms with Crippen LogP contribution < -0.4 is 20.5 Å². The second-order valence-corrected chi connectivity index (χ2v) is 5.19. The fourth-order valence-corrected chi connectivity index (χ4v) is 2.29. The van der Waals surface area contributed by atoms with Gasteiger partial charge in [-0.15, -0.1) is 0 Å². The lowest BCUT2D eigenvalue weighted by atomic mass is 10.2. The molecule has 0 unspecified atom stereocenters. The normalized spacial score (nSPS) is 13.1. The van der Waals surface area contributed by atoms with Crippen molar-refractivity contribution in [3.05, 3.63) is 40.6 Å². The molecular weight excluding hydrogens is 327 g/mol. The number of nitrogen functional groups attached to an aromatic ring is 1. The van der Waals surface area contributed by atoms with Crippen LogP contribution in [0.15, 0.2) is 34.8 Å². The average molecular weight is 339 g/mol. The molecule has 0 aliphatic carbocycles. The summed E-state index contributed by atoms with van der Waals surface area (Å²) in [6, 6.07) is 8.37. The SMILES string of the molecule is Nc1cc(F)c(Br)cc1Nc1ccc2c(c1)OCCO2. The van der Waals surface area contributed by atoms with Gasteiger partial charge < -0.3 is 20.5 Å². The van der Waals surface area contributed by atoms with Crippen LogP contribution in [0.2, 0.25) is 0 Å². The molecule has 0 saturated heterocycles. The van der Waals surface area contributed by atoms with Gasteiger partial charge in [0.2, 0.25) is 0 Å². The first-order valence-electron chi connectivity index (χ1n) is 6.04.